The maximum absolute atomic E-state index is 12.1. The van der Waals surface area contributed by atoms with Crippen molar-refractivity contribution in [2.24, 2.45) is 0 Å². The summed E-state index contributed by atoms with van der Waals surface area (Å²) in [6.07, 6.45) is 4.04. The summed E-state index contributed by atoms with van der Waals surface area (Å²) in [5, 5.41) is 6.08. The van der Waals surface area contributed by atoms with E-state index in [4.69, 9.17) is 4.74 Å². The van der Waals surface area contributed by atoms with E-state index in [1.807, 2.05) is 13.8 Å². The number of carbonyl (C=O) groups excluding carboxylic acids is 1. The summed E-state index contributed by atoms with van der Waals surface area (Å²) < 4.78 is 4.99. The number of ether oxygens (including phenoxy) is 1. The lowest BCUT2D eigenvalue weighted by molar-refractivity contribution is 0.0930. The first-order valence-corrected chi connectivity index (χ1v) is 6.16. The fraction of sp³-hybridized carbons (Fsp3) is 0.538. The number of pyridine rings is 1. The van der Waals surface area contributed by atoms with E-state index in [0.29, 0.717) is 12.2 Å². The smallest absolute Gasteiger partial charge is 0.255 e. The number of methoxy groups -OCH3 is 1. The molecule has 1 aromatic rings. The summed E-state index contributed by atoms with van der Waals surface area (Å²) >= 11 is 0. The van der Waals surface area contributed by atoms with Crippen molar-refractivity contribution in [2.45, 2.75) is 26.3 Å². The Hall–Kier alpha value is -1.62. The number of amides is 1. The van der Waals surface area contributed by atoms with Crippen LogP contribution in [0.25, 0.3) is 0 Å². The monoisotopic (exact) mass is 251 g/mol. The molecule has 1 heterocycles. The lowest BCUT2D eigenvalue weighted by Crippen LogP contribution is -2.33. The molecule has 5 heteroatoms. The van der Waals surface area contributed by atoms with Crippen molar-refractivity contribution in [3.05, 3.63) is 24.0 Å². The molecule has 2 N–H and O–H groups in total. The molecule has 0 aliphatic carbocycles. The van der Waals surface area contributed by atoms with Gasteiger partial charge in [0.2, 0.25) is 0 Å². The predicted molar refractivity (Wildman–Crippen MR) is 71.8 cm³/mol. The van der Waals surface area contributed by atoms with Gasteiger partial charge in [-0.15, -0.1) is 0 Å². The van der Waals surface area contributed by atoms with Gasteiger partial charge in [0.15, 0.2) is 0 Å². The standard InChI is InChI=1S/C13H21N3O2/c1-4-15-12-5-7-14-9-11(12)13(17)16-10(2)6-8-18-3/h5,7,9-10H,4,6,8H2,1-3H3,(H,14,15)(H,16,17). The Labute approximate surface area is 108 Å². The maximum atomic E-state index is 12.1. The van der Waals surface area contributed by atoms with E-state index in [2.05, 4.69) is 15.6 Å². The molecule has 0 radical (unpaired) electrons. The number of nitrogens with zero attached hydrogens (tertiary/aromatic N) is 1. The molecule has 18 heavy (non-hydrogen) atoms. The van der Waals surface area contributed by atoms with E-state index in [-0.39, 0.29) is 11.9 Å². The van der Waals surface area contributed by atoms with E-state index in [0.717, 1.165) is 18.7 Å². The largest absolute Gasteiger partial charge is 0.385 e. The molecule has 0 spiro atoms. The maximum Gasteiger partial charge on any atom is 0.255 e. The number of rotatable bonds is 7. The van der Waals surface area contributed by atoms with Gasteiger partial charge in [0.05, 0.1) is 11.3 Å². The molecule has 0 aliphatic rings. The van der Waals surface area contributed by atoms with Gasteiger partial charge in [0, 0.05) is 38.7 Å². The van der Waals surface area contributed by atoms with E-state index in [9.17, 15) is 4.79 Å². The summed E-state index contributed by atoms with van der Waals surface area (Å²) in [6, 6.07) is 1.88. The van der Waals surface area contributed by atoms with Crippen LogP contribution in [0.1, 0.15) is 30.6 Å². The third-order valence-electron chi connectivity index (χ3n) is 2.57. The van der Waals surface area contributed by atoms with E-state index in [1.165, 1.54) is 0 Å². The molecule has 0 saturated carbocycles. The van der Waals surface area contributed by atoms with E-state index in [1.54, 1.807) is 25.6 Å². The Kier molecular flexibility index (Phi) is 6.14. The van der Waals surface area contributed by atoms with Gasteiger partial charge in [0.25, 0.3) is 5.91 Å². The number of aromatic nitrogens is 1. The number of nitrogens with one attached hydrogen (secondary N) is 2. The minimum Gasteiger partial charge on any atom is -0.385 e. The number of carbonyl (C=O) groups is 1. The minimum absolute atomic E-state index is 0.0760. The molecular weight excluding hydrogens is 230 g/mol. The van der Waals surface area contributed by atoms with Crippen LogP contribution in [0.3, 0.4) is 0 Å². The van der Waals surface area contributed by atoms with Crippen LogP contribution in [0.15, 0.2) is 18.5 Å². The number of hydrogen-bond donors (Lipinski definition) is 2. The predicted octanol–water partition coefficient (Wildman–Crippen LogP) is 1.67. The van der Waals surface area contributed by atoms with Crippen molar-refractivity contribution >= 4 is 11.6 Å². The molecule has 0 aromatic carbocycles. The van der Waals surface area contributed by atoms with Crippen molar-refractivity contribution in [2.75, 3.05) is 25.6 Å². The zero-order valence-corrected chi connectivity index (χ0v) is 11.2. The highest BCUT2D eigenvalue weighted by molar-refractivity contribution is 5.99. The summed E-state index contributed by atoms with van der Waals surface area (Å²) in [5.41, 5.74) is 1.38. The van der Waals surface area contributed by atoms with Gasteiger partial charge in [-0.05, 0) is 26.3 Å². The SMILES string of the molecule is CCNc1ccncc1C(=O)NC(C)CCOC. The molecule has 0 fully saturated rings. The zero-order chi connectivity index (χ0) is 13.4. The van der Waals surface area contributed by atoms with Gasteiger partial charge >= 0.3 is 0 Å². The van der Waals surface area contributed by atoms with Crippen LogP contribution in [0, 0.1) is 0 Å². The molecule has 5 nitrogen and oxygen atoms in total. The van der Waals surface area contributed by atoms with E-state index >= 15 is 0 Å². The van der Waals surface area contributed by atoms with Crippen LogP contribution in [0.2, 0.25) is 0 Å². The topological polar surface area (TPSA) is 63.2 Å². The molecule has 1 rings (SSSR count). The first kappa shape index (κ1) is 14.4. The highest BCUT2D eigenvalue weighted by atomic mass is 16.5. The lowest BCUT2D eigenvalue weighted by atomic mass is 10.2. The molecule has 1 aromatic heterocycles. The second kappa shape index (κ2) is 7.66. The summed E-state index contributed by atoms with van der Waals surface area (Å²) in [4.78, 5) is 16.1. The summed E-state index contributed by atoms with van der Waals surface area (Å²) in [5.74, 6) is -0.109. The molecule has 1 atom stereocenters. The van der Waals surface area contributed by atoms with Crippen molar-refractivity contribution in [3.8, 4) is 0 Å². The normalized spacial score (nSPS) is 11.9. The second-order valence-electron chi connectivity index (χ2n) is 4.11. The van der Waals surface area contributed by atoms with Crippen molar-refractivity contribution in [1.82, 2.24) is 10.3 Å². The Morgan fingerprint density at radius 1 is 1.56 bits per heavy atom. The fourth-order valence-electron chi connectivity index (χ4n) is 1.59. The van der Waals surface area contributed by atoms with Crippen LogP contribution in [0.4, 0.5) is 5.69 Å². The Balaban J connectivity index is 2.65. The van der Waals surface area contributed by atoms with Crippen LogP contribution in [0.5, 0.6) is 0 Å². The zero-order valence-electron chi connectivity index (χ0n) is 11.2. The molecule has 1 amide bonds. The fourth-order valence-corrected chi connectivity index (χ4v) is 1.59. The van der Waals surface area contributed by atoms with Crippen molar-refractivity contribution < 1.29 is 9.53 Å². The average Bonchev–Trinajstić information content (AvgIpc) is 2.37. The van der Waals surface area contributed by atoms with Crippen molar-refractivity contribution in [1.29, 1.82) is 0 Å². The molecule has 0 bridgehead atoms. The average molecular weight is 251 g/mol. The number of anilines is 1. The van der Waals surface area contributed by atoms with Crippen LogP contribution < -0.4 is 10.6 Å². The second-order valence-corrected chi connectivity index (χ2v) is 4.11. The summed E-state index contributed by atoms with van der Waals surface area (Å²) in [6.45, 7) is 5.35. The Morgan fingerprint density at radius 3 is 3.00 bits per heavy atom. The van der Waals surface area contributed by atoms with Gasteiger partial charge in [0.1, 0.15) is 0 Å². The highest BCUT2D eigenvalue weighted by Crippen LogP contribution is 2.13. The first-order chi connectivity index (χ1) is 8.69. The molecule has 0 aliphatic heterocycles. The number of hydrogen-bond acceptors (Lipinski definition) is 4. The molecule has 100 valence electrons. The summed E-state index contributed by atoms with van der Waals surface area (Å²) in [7, 11) is 1.65. The van der Waals surface area contributed by atoms with E-state index < -0.39 is 0 Å². The van der Waals surface area contributed by atoms with Gasteiger partial charge < -0.3 is 15.4 Å². The van der Waals surface area contributed by atoms with Gasteiger partial charge in [-0.25, -0.2) is 0 Å². The highest BCUT2D eigenvalue weighted by Gasteiger charge is 2.13. The van der Waals surface area contributed by atoms with Crippen LogP contribution in [-0.4, -0.2) is 37.2 Å². The van der Waals surface area contributed by atoms with Gasteiger partial charge in [-0.2, -0.15) is 0 Å². The first-order valence-electron chi connectivity index (χ1n) is 6.16. The van der Waals surface area contributed by atoms with Crippen molar-refractivity contribution in [3.63, 3.8) is 0 Å². The molecular formula is C13H21N3O2. The quantitative estimate of drug-likeness (QED) is 0.773. The third kappa shape index (κ3) is 4.33. The van der Waals surface area contributed by atoms with Gasteiger partial charge in [-0.1, -0.05) is 0 Å². The molecule has 1 unspecified atom stereocenters. The third-order valence-corrected chi connectivity index (χ3v) is 2.57. The van der Waals surface area contributed by atoms with Crippen LogP contribution >= 0.6 is 0 Å². The molecule has 0 saturated heterocycles. The lowest BCUT2D eigenvalue weighted by Gasteiger charge is -2.15. The van der Waals surface area contributed by atoms with Crippen LogP contribution in [-0.2, 0) is 4.74 Å². The Morgan fingerprint density at radius 2 is 2.33 bits per heavy atom. The Bertz CT molecular complexity index is 382. The van der Waals surface area contributed by atoms with Gasteiger partial charge in [-0.3, -0.25) is 9.78 Å². The minimum atomic E-state index is -0.109.